The molecule has 3 heterocycles. The van der Waals surface area contributed by atoms with Crippen LogP contribution in [0.1, 0.15) is 58.6 Å². The summed E-state index contributed by atoms with van der Waals surface area (Å²) in [6.45, 7) is 0.0781. The van der Waals surface area contributed by atoms with Gasteiger partial charge >= 0.3 is 12.6 Å². The molecule has 2 aromatic carbocycles. The number of carbonyl (C=O) groups is 2. The van der Waals surface area contributed by atoms with Gasteiger partial charge in [-0.2, -0.15) is 8.78 Å². The van der Waals surface area contributed by atoms with E-state index in [1.165, 1.54) is 53.1 Å². The van der Waals surface area contributed by atoms with Crippen LogP contribution in [0.25, 0.3) is 0 Å². The fourth-order valence-corrected chi connectivity index (χ4v) is 7.88. The highest BCUT2D eigenvalue weighted by molar-refractivity contribution is 7.92. The van der Waals surface area contributed by atoms with E-state index in [2.05, 4.69) is 14.6 Å². The van der Waals surface area contributed by atoms with E-state index in [1.807, 2.05) is 0 Å². The van der Waals surface area contributed by atoms with Crippen molar-refractivity contribution >= 4 is 50.8 Å². The van der Waals surface area contributed by atoms with Gasteiger partial charge in [0.15, 0.2) is 30.1 Å². The molecule has 292 valence electrons. The van der Waals surface area contributed by atoms with Crippen molar-refractivity contribution in [3.8, 4) is 11.5 Å². The standard InChI is InChI=1S/C36H40Cl2F2N4O9S/c1-54(48,49)44(10-2-9-42-11-13-50-14-12-42)24-6-7-25-26(16-24)35(47)43(34(25)46)20-33(45)52-31(17-27-28(37)18-41-19-29(27)38)23-5-8-30(53-36(39)40)32(15-23)51-21-22-3-4-22/h5-8,15-16,18-19,22,31,34,36,46H,2-4,9-14,17,20-21H2,1H3/p+1/t31-,34?/m0/s1. The molecule has 1 amide bonds. The first-order valence-corrected chi connectivity index (χ1v) is 20.0. The minimum Gasteiger partial charge on any atom is -0.489 e. The maximum absolute atomic E-state index is 13.7. The van der Waals surface area contributed by atoms with Crippen molar-refractivity contribution < 1.29 is 55.8 Å². The third kappa shape index (κ3) is 9.89. The van der Waals surface area contributed by atoms with E-state index < -0.39 is 47.4 Å². The van der Waals surface area contributed by atoms with Crippen LogP contribution in [0.3, 0.4) is 0 Å². The van der Waals surface area contributed by atoms with Gasteiger partial charge in [0.2, 0.25) is 10.0 Å². The molecule has 3 aliphatic rings. The van der Waals surface area contributed by atoms with Gasteiger partial charge in [-0.1, -0.05) is 35.3 Å². The Balaban J connectivity index is 1.20. The number of fused-ring (bicyclic) bond motifs is 1. The number of H-pyrrole nitrogens is 1. The Kier molecular flexibility index (Phi) is 12.8. The molecule has 3 aromatic rings. The number of aromatic nitrogens is 1. The van der Waals surface area contributed by atoms with Crippen LogP contribution in [0.5, 0.6) is 11.5 Å². The smallest absolute Gasteiger partial charge is 0.387 e. The van der Waals surface area contributed by atoms with Crippen LogP contribution < -0.4 is 18.8 Å². The number of pyridine rings is 1. The molecule has 0 radical (unpaired) electrons. The normalized spacial score (nSPS) is 18.1. The van der Waals surface area contributed by atoms with Crippen molar-refractivity contribution in [2.24, 2.45) is 5.92 Å². The topological polar surface area (TPSA) is 149 Å². The number of ether oxygens (including phenoxy) is 4. The number of aromatic amines is 1. The maximum Gasteiger partial charge on any atom is 0.387 e. The van der Waals surface area contributed by atoms with E-state index >= 15 is 0 Å². The summed E-state index contributed by atoms with van der Waals surface area (Å²) in [7, 11) is -3.74. The van der Waals surface area contributed by atoms with Crippen LogP contribution >= 0.6 is 23.2 Å². The van der Waals surface area contributed by atoms with Crippen molar-refractivity contribution in [1.82, 2.24) is 9.80 Å². The Morgan fingerprint density at radius 2 is 1.81 bits per heavy atom. The predicted molar refractivity (Wildman–Crippen MR) is 193 cm³/mol. The van der Waals surface area contributed by atoms with E-state index in [1.54, 1.807) is 0 Å². The van der Waals surface area contributed by atoms with Crippen LogP contribution in [0.4, 0.5) is 14.5 Å². The van der Waals surface area contributed by atoms with Crippen molar-refractivity contribution in [3.63, 3.8) is 0 Å². The first-order chi connectivity index (χ1) is 25.8. The summed E-state index contributed by atoms with van der Waals surface area (Å²) in [6, 6.07) is 8.54. The fraction of sp³-hybridized carbons (Fsp3) is 0.472. The second-order valence-corrected chi connectivity index (χ2v) is 16.1. The quantitative estimate of drug-likeness (QED) is 0.191. The molecule has 1 aliphatic carbocycles. The zero-order valence-electron chi connectivity index (χ0n) is 29.4. The van der Waals surface area contributed by atoms with Gasteiger partial charge in [-0.15, -0.1) is 0 Å². The van der Waals surface area contributed by atoms with Gasteiger partial charge in [0, 0.05) is 49.3 Å². The molecule has 18 heteroatoms. The van der Waals surface area contributed by atoms with E-state index in [0.717, 1.165) is 37.1 Å². The monoisotopic (exact) mass is 813 g/mol. The molecule has 1 unspecified atom stereocenters. The molecule has 2 atom stereocenters. The summed E-state index contributed by atoms with van der Waals surface area (Å²) in [5.41, 5.74) is 1.24. The third-order valence-corrected chi connectivity index (χ3v) is 11.3. The van der Waals surface area contributed by atoms with Crippen LogP contribution in [0.2, 0.25) is 10.0 Å². The lowest BCUT2D eigenvalue weighted by Crippen LogP contribution is -2.39. The first-order valence-electron chi connectivity index (χ1n) is 17.4. The average Bonchev–Trinajstić information content (AvgIpc) is 3.93. The molecule has 13 nitrogen and oxygen atoms in total. The fourth-order valence-electron chi connectivity index (χ4n) is 6.39. The molecule has 1 saturated heterocycles. The Bertz CT molecular complexity index is 1930. The number of anilines is 1. The Morgan fingerprint density at radius 1 is 1.09 bits per heavy atom. The summed E-state index contributed by atoms with van der Waals surface area (Å²) in [6.07, 6.45) is 3.81. The number of alkyl halides is 2. The number of hydrogen-bond donors (Lipinski definition) is 1. The van der Waals surface area contributed by atoms with Gasteiger partial charge in [0.1, 0.15) is 22.7 Å². The SMILES string of the molecule is CS(=O)(=O)N(CCCN1CCOCC1)c1ccc2c(c1)C(=O)N(CC(=O)O[C@@H](Cc1c(Cl)c[nH+]cc1Cl)c1ccc(OC(F)F)c(OCC3CC3)c1)C2O. The number of aliphatic hydroxyl groups is 1. The molecule has 0 bridgehead atoms. The van der Waals surface area contributed by atoms with Crippen molar-refractivity contribution in [1.29, 1.82) is 0 Å². The van der Waals surface area contributed by atoms with Gasteiger partial charge < -0.3 is 24.1 Å². The molecule has 1 aromatic heterocycles. The lowest BCUT2D eigenvalue weighted by molar-refractivity contribution is -0.377. The second-order valence-electron chi connectivity index (χ2n) is 13.4. The number of aliphatic hydroxyl groups excluding tert-OH is 1. The van der Waals surface area contributed by atoms with E-state index in [-0.39, 0.29) is 57.9 Å². The minimum atomic E-state index is -3.74. The Labute approximate surface area is 321 Å². The molecule has 2 aliphatic heterocycles. The highest BCUT2D eigenvalue weighted by Gasteiger charge is 2.38. The number of benzene rings is 2. The highest BCUT2D eigenvalue weighted by atomic mass is 35.5. The number of hydrogen-bond acceptors (Lipinski definition) is 10. The molecule has 6 rings (SSSR count). The number of nitrogens with zero attached hydrogens (tertiary/aromatic N) is 3. The zero-order chi connectivity index (χ0) is 38.6. The lowest BCUT2D eigenvalue weighted by Gasteiger charge is -2.28. The number of amides is 1. The zero-order valence-corrected chi connectivity index (χ0v) is 31.7. The van der Waals surface area contributed by atoms with Gasteiger partial charge in [-0.25, -0.2) is 13.4 Å². The summed E-state index contributed by atoms with van der Waals surface area (Å²) in [5, 5.41) is 11.6. The van der Waals surface area contributed by atoms with Crippen molar-refractivity contribution in [2.45, 2.75) is 44.6 Å². The molecule has 0 spiro atoms. The lowest BCUT2D eigenvalue weighted by atomic mass is 10.0. The summed E-state index contributed by atoms with van der Waals surface area (Å²) < 4.78 is 75.2. The summed E-state index contributed by atoms with van der Waals surface area (Å²) >= 11 is 12.9. The van der Waals surface area contributed by atoms with E-state index in [9.17, 15) is 31.9 Å². The van der Waals surface area contributed by atoms with Gasteiger partial charge in [-0.05, 0) is 55.0 Å². The van der Waals surface area contributed by atoms with Crippen molar-refractivity contribution in [2.75, 3.05) is 63.1 Å². The number of carbonyl (C=O) groups excluding carboxylic acids is 2. The average molecular weight is 815 g/mol. The van der Waals surface area contributed by atoms with Crippen molar-refractivity contribution in [3.05, 3.63) is 81.1 Å². The number of nitrogens with one attached hydrogen (secondary N) is 1. The first kappa shape index (κ1) is 39.9. The molecule has 2 fully saturated rings. The van der Waals surface area contributed by atoms with Crippen LogP contribution in [-0.4, -0.2) is 101 Å². The second kappa shape index (κ2) is 17.3. The van der Waals surface area contributed by atoms with Crippen LogP contribution in [0.15, 0.2) is 48.8 Å². The van der Waals surface area contributed by atoms with Crippen LogP contribution in [-0.2, 0) is 30.7 Å². The molecular weight excluding hydrogens is 773 g/mol. The number of esters is 1. The number of sulfonamides is 1. The molecule has 2 N–H and O–H groups in total. The largest absolute Gasteiger partial charge is 0.489 e. The number of morpholine rings is 1. The van der Waals surface area contributed by atoms with Gasteiger partial charge in [-0.3, -0.25) is 23.7 Å². The Hall–Kier alpha value is -3.80. The number of halogens is 4. The molecular formula is C36H41Cl2F2N4O9S+. The number of rotatable bonds is 17. The van der Waals surface area contributed by atoms with E-state index in [0.29, 0.717) is 43.2 Å². The Morgan fingerprint density at radius 3 is 2.48 bits per heavy atom. The minimum absolute atomic E-state index is 0.0277. The van der Waals surface area contributed by atoms with Gasteiger partial charge in [0.05, 0.1) is 31.8 Å². The summed E-state index contributed by atoms with van der Waals surface area (Å²) in [5.74, 6) is -1.49. The molecule has 1 saturated carbocycles. The molecule has 54 heavy (non-hydrogen) atoms. The van der Waals surface area contributed by atoms with Gasteiger partial charge in [0.25, 0.3) is 5.91 Å². The maximum atomic E-state index is 13.7. The summed E-state index contributed by atoms with van der Waals surface area (Å²) in [4.78, 5) is 33.2. The van der Waals surface area contributed by atoms with Crippen LogP contribution in [0, 0.1) is 5.92 Å². The highest BCUT2D eigenvalue weighted by Crippen LogP contribution is 2.39. The predicted octanol–water partition coefficient (Wildman–Crippen LogP) is 4.66. The third-order valence-electron chi connectivity index (χ3n) is 9.42. The van der Waals surface area contributed by atoms with E-state index in [4.69, 9.17) is 37.4 Å².